The molecule has 0 amide bonds. The first-order valence-electron chi connectivity index (χ1n) is 7.30. The number of nitrogens with two attached hydrogens (primary N) is 1. The summed E-state index contributed by atoms with van der Waals surface area (Å²) in [4.78, 5) is 18.9. The number of ether oxygens (including phenoxy) is 1. The number of nitrogens with zero attached hydrogens (tertiary/aromatic N) is 4. The predicted molar refractivity (Wildman–Crippen MR) is 83.1 cm³/mol. The Kier molecular flexibility index (Phi) is 4.10. The third-order valence-electron chi connectivity index (χ3n) is 4.00. The fourth-order valence-corrected chi connectivity index (χ4v) is 2.79. The van der Waals surface area contributed by atoms with Crippen molar-refractivity contribution in [2.75, 3.05) is 44.2 Å². The molecule has 1 atom stereocenters. The van der Waals surface area contributed by atoms with Gasteiger partial charge in [-0.15, -0.1) is 0 Å². The second kappa shape index (κ2) is 6.18. The molecule has 0 aromatic heterocycles. The molecule has 1 saturated heterocycles. The van der Waals surface area contributed by atoms with Gasteiger partial charge in [0.2, 0.25) is 0 Å². The molecule has 8 nitrogen and oxygen atoms in total. The summed E-state index contributed by atoms with van der Waals surface area (Å²) in [5.74, 6) is 0. The number of benzene rings is 1. The van der Waals surface area contributed by atoms with Crippen molar-refractivity contribution >= 4 is 17.4 Å². The van der Waals surface area contributed by atoms with Gasteiger partial charge in [-0.25, -0.2) is 4.99 Å². The van der Waals surface area contributed by atoms with Crippen molar-refractivity contribution in [1.29, 1.82) is 0 Å². The van der Waals surface area contributed by atoms with Gasteiger partial charge in [-0.1, -0.05) is 0 Å². The number of hydrogen-bond acceptors (Lipinski definition) is 7. The standard InChI is InChI=1S/C14H19N5O3/c15-14-16-9-13(22-14)10-17-5-7-18(8-6-17)11-1-3-12(4-2-11)19(20)21/h1-4,13H,5-10H2,(H2,15,16). The molecule has 2 heterocycles. The number of nitro groups is 1. The lowest BCUT2D eigenvalue weighted by Crippen LogP contribution is -2.49. The average Bonchev–Trinajstić information content (AvgIpc) is 2.93. The first kappa shape index (κ1) is 14.6. The van der Waals surface area contributed by atoms with Crippen LogP contribution in [0.1, 0.15) is 0 Å². The highest BCUT2D eigenvalue weighted by Gasteiger charge is 2.24. The van der Waals surface area contributed by atoms with Crippen molar-refractivity contribution in [3.8, 4) is 0 Å². The highest BCUT2D eigenvalue weighted by Crippen LogP contribution is 2.20. The van der Waals surface area contributed by atoms with Crippen molar-refractivity contribution in [2.24, 2.45) is 10.7 Å². The molecule has 1 unspecified atom stereocenters. The molecule has 22 heavy (non-hydrogen) atoms. The van der Waals surface area contributed by atoms with E-state index in [9.17, 15) is 10.1 Å². The Hall–Kier alpha value is -2.35. The monoisotopic (exact) mass is 305 g/mol. The van der Waals surface area contributed by atoms with Crippen molar-refractivity contribution in [1.82, 2.24) is 4.90 Å². The molecule has 0 aliphatic carbocycles. The minimum atomic E-state index is -0.378. The SMILES string of the molecule is NC1=NCC(CN2CCN(c3ccc([N+](=O)[O-])cc3)CC2)O1. The van der Waals surface area contributed by atoms with Gasteiger partial charge >= 0.3 is 0 Å². The van der Waals surface area contributed by atoms with E-state index in [1.165, 1.54) is 0 Å². The van der Waals surface area contributed by atoms with Crippen LogP contribution in [0.25, 0.3) is 0 Å². The van der Waals surface area contributed by atoms with Crippen LogP contribution in [0.5, 0.6) is 0 Å². The summed E-state index contributed by atoms with van der Waals surface area (Å²) in [7, 11) is 0. The maximum Gasteiger partial charge on any atom is 0.282 e. The van der Waals surface area contributed by atoms with Crippen LogP contribution in [0, 0.1) is 10.1 Å². The van der Waals surface area contributed by atoms with Crippen molar-refractivity contribution < 1.29 is 9.66 Å². The van der Waals surface area contributed by atoms with Crippen LogP contribution in [-0.2, 0) is 4.74 Å². The fraction of sp³-hybridized carbons (Fsp3) is 0.500. The molecule has 118 valence electrons. The smallest absolute Gasteiger partial charge is 0.282 e. The maximum absolute atomic E-state index is 10.7. The molecule has 3 rings (SSSR count). The number of rotatable bonds is 4. The Morgan fingerprint density at radius 3 is 2.50 bits per heavy atom. The van der Waals surface area contributed by atoms with E-state index in [0.717, 1.165) is 38.4 Å². The molecule has 2 aliphatic heterocycles. The van der Waals surface area contributed by atoms with Gasteiger partial charge in [0.25, 0.3) is 11.7 Å². The van der Waals surface area contributed by atoms with E-state index in [0.29, 0.717) is 6.54 Å². The number of amidine groups is 1. The van der Waals surface area contributed by atoms with Crippen LogP contribution in [-0.4, -0.2) is 61.2 Å². The Bertz CT molecular complexity index is 566. The zero-order chi connectivity index (χ0) is 15.5. The highest BCUT2D eigenvalue weighted by atomic mass is 16.6. The molecular weight excluding hydrogens is 286 g/mol. The summed E-state index contributed by atoms with van der Waals surface area (Å²) < 4.78 is 5.42. The second-order valence-electron chi connectivity index (χ2n) is 5.48. The zero-order valence-corrected chi connectivity index (χ0v) is 12.2. The average molecular weight is 305 g/mol. The van der Waals surface area contributed by atoms with Gasteiger partial charge in [0.1, 0.15) is 6.10 Å². The zero-order valence-electron chi connectivity index (χ0n) is 12.2. The van der Waals surface area contributed by atoms with Crippen LogP contribution in [0.4, 0.5) is 11.4 Å². The maximum atomic E-state index is 10.7. The third kappa shape index (κ3) is 3.28. The largest absolute Gasteiger partial charge is 0.459 e. The molecule has 0 radical (unpaired) electrons. The van der Waals surface area contributed by atoms with Gasteiger partial charge in [0.15, 0.2) is 0 Å². The molecule has 2 N–H and O–H groups in total. The van der Waals surface area contributed by atoms with E-state index in [-0.39, 0.29) is 22.7 Å². The van der Waals surface area contributed by atoms with Crippen molar-refractivity contribution in [2.45, 2.75) is 6.10 Å². The minimum Gasteiger partial charge on any atom is -0.459 e. The van der Waals surface area contributed by atoms with E-state index in [2.05, 4.69) is 14.8 Å². The lowest BCUT2D eigenvalue weighted by atomic mass is 10.2. The van der Waals surface area contributed by atoms with Gasteiger partial charge in [-0.3, -0.25) is 15.0 Å². The van der Waals surface area contributed by atoms with Crippen LogP contribution in [0.15, 0.2) is 29.3 Å². The molecule has 1 aromatic rings. The number of piperazine rings is 1. The van der Waals surface area contributed by atoms with Gasteiger partial charge in [0.05, 0.1) is 11.5 Å². The Balaban J connectivity index is 1.50. The first-order valence-corrected chi connectivity index (χ1v) is 7.30. The van der Waals surface area contributed by atoms with Gasteiger partial charge in [-0.05, 0) is 12.1 Å². The molecule has 2 aliphatic rings. The number of aliphatic imine (C=N–C) groups is 1. The summed E-state index contributed by atoms with van der Waals surface area (Å²) in [6.45, 7) is 5.10. The van der Waals surface area contributed by atoms with Crippen LogP contribution in [0.2, 0.25) is 0 Å². The third-order valence-corrected chi connectivity index (χ3v) is 4.00. The van der Waals surface area contributed by atoms with Crippen LogP contribution < -0.4 is 10.6 Å². The minimum absolute atomic E-state index is 0.0610. The molecular formula is C14H19N5O3. The van der Waals surface area contributed by atoms with E-state index >= 15 is 0 Å². The highest BCUT2D eigenvalue weighted by molar-refractivity contribution is 5.73. The van der Waals surface area contributed by atoms with E-state index in [4.69, 9.17) is 10.5 Å². The van der Waals surface area contributed by atoms with E-state index in [1.54, 1.807) is 12.1 Å². The predicted octanol–water partition coefficient (Wildman–Crippen LogP) is 0.430. The summed E-state index contributed by atoms with van der Waals surface area (Å²) in [6, 6.07) is 7.00. The fourth-order valence-electron chi connectivity index (χ4n) is 2.79. The Morgan fingerprint density at radius 2 is 1.95 bits per heavy atom. The molecule has 0 saturated carbocycles. The van der Waals surface area contributed by atoms with Gasteiger partial charge < -0.3 is 15.4 Å². The van der Waals surface area contributed by atoms with E-state index < -0.39 is 0 Å². The van der Waals surface area contributed by atoms with Gasteiger partial charge in [0, 0.05) is 50.5 Å². The summed E-state index contributed by atoms with van der Waals surface area (Å²) in [5, 5.41) is 10.7. The quantitative estimate of drug-likeness (QED) is 0.640. The lowest BCUT2D eigenvalue weighted by Gasteiger charge is -2.36. The molecule has 8 heteroatoms. The van der Waals surface area contributed by atoms with Gasteiger partial charge in [-0.2, -0.15) is 0 Å². The molecule has 0 bridgehead atoms. The first-order chi connectivity index (χ1) is 10.6. The van der Waals surface area contributed by atoms with E-state index in [1.807, 2.05) is 12.1 Å². The second-order valence-corrected chi connectivity index (χ2v) is 5.48. The number of anilines is 1. The normalized spacial score (nSPS) is 22.3. The molecule has 1 aromatic carbocycles. The number of non-ortho nitro benzene ring substituents is 1. The van der Waals surface area contributed by atoms with Crippen LogP contribution >= 0.6 is 0 Å². The topological polar surface area (TPSA) is 97.2 Å². The Morgan fingerprint density at radius 1 is 1.27 bits per heavy atom. The summed E-state index contributed by atoms with van der Waals surface area (Å²) >= 11 is 0. The lowest BCUT2D eigenvalue weighted by molar-refractivity contribution is -0.384. The van der Waals surface area contributed by atoms with Crippen molar-refractivity contribution in [3.63, 3.8) is 0 Å². The molecule has 1 fully saturated rings. The van der Waals surface area contributed by atoms with Crippen LogP contribution in [0.3, 0.4) is 0 Å². The Labute approximate surface area is 128 Å². The number of hydrogen-bond donors (Lipinski definition) is 1. The summed E-state index contributed by atoms with van der Waals surface area (Å²) in [5.41, 5.74) is 6.66. The number of nitro benzene ring substituents is 1. The van der Waals surface area contributed by atoms with Crippen molar-refractivity contribution in [3.05, 3.63) is 34.4 Å². The summed E-state index contributed by atoms with van der Waals surface area (Å²) in [6.07, 6.45) is 0.0610. The molecule has 0 spiro atoms.